The van der Waals surface area contributed by atoms with Gasteiger partial charge in [0.15, 0.2) is 0 Å². The average molecular weight is 332 g/mol. The topological polar surface area (TPSA) is 68.6 Å². The molecule has 1 aromatic heterocycles. The lowest BCUT2D eigenvalue weighted by atomic mass is 9.95. The van der Waals surface area contributed by atoms with Crippen molar-refractivity contribution in [3.63, 3.8) is 0 Å². The van der Waals surface area contributed by atoms with Crippen molar-refractivity contribution in [2.24, 2.45) is 0 Å². The summed E-state index contributed by atoms with van der Waals surface area (Å²) in [6.45, 7) is 1.84. The summed E-state index contributed by atoms with van der Waals surface area (Å²) in [5.74, 6) is 1.40. The molecule has 0 amide bonds. The number of hydrogen-bond donors (Lipinski definition) is 1. The van der Waals surface area contributed by atoms with E-state index in [1.54, 1.807) is 6.33 Å². The molecule has 2 aromatic rings. The molecule has 3 rings (SSSR count). The van der Waals surface area contributed by atoms with Gasteiger partial charge in [-0.2, -0.15) is 5.26 Å². The molecule has 102 valence electrons. The SMILES string of the molecule is N#Cc1cccc(Br)c1N1CCC(c2nnc[nH]2)CC1. The standard InChI is InChI=1S/C14H14BrN5/c15-12-3-1-2-11(8-16)13(12)20-6-4-10(5-7-20)14-17-9-18-19-14/h1-3,9-10H,4-7H2,(H,17,18,19). The molecule has 0 spiro atoms. The van der Waals surface area contributed by atoms with Crippen LogP contribution in [-0.2, 0) is 0 Å². The minimum Gasteiger partial charge on any atom is -0.370 e. The Labute approximate surface area is 125 Å². The fraction of sp³-hybridized carbons (Fsp3) is 0.357. The lowest BCUT2D eigenvalue weighted by molar-refractivity contribution is 0.486. The maximum Gasteiger partial charge on any atom is 0.133 e. The highest BCUT2D eigenvalue weighted by Crippen LogP contribution is 2.34. The lowest BCUT2D eigenvalue weighted by Gasteiger charge is -2.33. The number of halogens is 1. The van der Waals surface area contributed by atoms with Crippen LogP contribution in [-0.4, -0.2) is 28.3 Å². The molecule has 1 aliphatic heterocycles. The molecule has 0 saturated carbocycles. The van der Waals surface area contributed by atoms with Crippen LogP contribution >= 0.6 is 15.9 Å². The summed E-state index contributed by atoms with van der Waals surface area (Å²) in [4.78, 5) is 5.37. The first-order chi connectivity index (χ1) is 9.79. The zero-order valence-corrected chi connectivity index (χ0v) is 12.5. The van der Waals surface area contributed by atoms with Gasteiger partial charge in [-0.1, -0.05) is 6.07 Å². The number of benzene rings is 1. The Morgan fingerprint density at radius 2 is 2.15 bits per heavy atom. The van der Waals surface area contributed by atoms with Gasteiger partial charge in [0.1, 0.15) is 18.2 Å². The van der Waals surface area contributed by atoms with Crippen LogP contribution in [0.15, 0.2) is 29.0 Å². The molecular formula is C14H14BrN5. The van der Waals surface area contributed by atoms with Crippen LogP contribution in [0.5, 0.6) is 0 Å². The molecule has 1 saturated heterocycles. The van der Waals surface area contributed by atoms with Gasteiger partial charge < -0.3 is 9.88 Å². The molecular weight excluding hydrogens is 318 g/mol. The van der Waals surface area contributed by atoms with Crippen LogP contribution in [0.25, 0.3) is 0 Å². The Bertz CT molecular complexity index is 624. The van der Waals surface area contributed by atoms with E-state index in [2.05, 4.69) is 42.1 Å². The lowest BCUT2D eigenvalue weighted by Crippen LogP contribution is -2.34. The molecule has 20 heavy (non-hydrogen) atoms. The largest absolute Gasteiger partial charge is 0.370 e. The molecule has 1 fully saturated rings. The Hall–Kier alpha value is -1.87. The van der Waals surface area contributed by atoms with Crippen molar-refractivity contribution in [2.45, 2.75) is 18.8 Å². The molecule has 1 aliphatic rings. The normalized spacial score (nSPS) is 16.1. The number of aromatic nitrogens is 3. The van der Waals surface area contributed by atoms with Gasteiger partial charge in [0.25, 0.3) is 0 Å². The van der Waals surface area contributed by atoms with E-state index >= 15 is 0 Å². The van der Waals surface area contributed by atoms with Crippen LogP contribution < -0.4 is 4.90 Å². The fourth-order valence-corrected chi connectivity index (χ4v) is 3.33. The van der Waals surface area contributed by atoms with E-state index in [0.717, 1.165) is 47.5 Å². The number of hydrogen-bond acceptors (Lipinski definition) is 4. The number of anilines is 1. The summed E-state index contributed by atoms with van der Waals surface area (Å²) in [6.07, 6.45) is 3.66. The second kappa shape index (κ2) is 5.63. The third kappa shape index (κ3) is 2.41. The Morgan fingerprint density at radius 1 is 1.35 bits per heavy atom. The zero-order valence-electron chi connectivity index (χ0n) is 10.9. The van der Waals surface area contributed by atoms with Crippen molar-refractivity contribution in [1.82, 2.24) is 15.2 Å². The number of aromatic amines is 1. The molecule has 5 nitrogen and oxygen atoms in total. The van der Waals surface area contributed by atoms with Crippen LogP contribution in [0.3, 0.4) is 0 Å². The van der Waals surface area contributed by atoms with E-state index in [9.17, 15) is 5.26 Å². The summed E-state index contributed by atoms with van der Waals surface area (Å²) in [6, 6.07) is 8.02. The number of para-hydroxylation sites is 1. The van der Waals surface area contributed by atoms with Gasteiger partial charge in [0, 0.05) is 23.5 Å². The van der Waals surface area contributed by atoms with Gasteiger partial charge in [-0.05, 0) is 40.9 Å². The predicted molar refractivity (Wildman–Crippen MR) is 79.4 cm³/mol. The average Bonchev–Trinajstić information content (AvgIpc) is 3.01. The molecule has 1 aromatic carbocycles. The number of piperidine rings is 1. The quantitative estimate of drug-likeness (QED) is 0.918. The third-order valence-corrected chi connectivity index (χ3v) is 4.38. The van der Waals surface area contributed by atoms with Gasteiger partial charge >= 0.3 is 0 Å². The Balaban J connectivity index is 1.77. The molecule has 2 heterocycles. The summed E-state index contributed by atoms with van der Waals surface area (Å²) in [5.41, 5.74) is 1.73. The van der Waals surface area contributed by atoms with Gasteiger partial charge in [-0.15, -0.1) is 10.2 Å². The Morgan fingerprint density at radius 3 is 2.80 bits per heavy atom. The number of nitriles is 1. The summed E-state index contributed by atoms with van der Waals surface area (Å²) >= 11 is 3.56. The molecule has 0 unspecified atom stereocenters. The zero-order chi connectivity index (χ0) is 13.9. The van der Waals surface area contributed by atoms with Crippen LogP contribution in [0.4, 0.5) is 5.69 Å². The first kappa shape index (κ1) is 13.1. The van der Waals surface area contributed by atoms with Gasteiger partial charge in [0.05, 0.1) is 11.3 Å². The first-order valence-electron chi connectivity index (χ1n) is 6.59. The third-order valence-electron chi connectivity index (χ3n) is 3.74. The maximum absolute atomic E-state index is 9.25. The predicted octanol–water partition coefficient (Wildman–Crippen LogP) is 2.82. The van der Waals surface area contributed by atoms with Crippen LogP contribution in [0.2, 0.25) is 0 Å². The minimum atomic E-state index is 0.432. The first-order valence-corrected chi connectivity index (χ1v) is 7.38. The molecule has 1 N–H and O–H groups in total. The highest BCUT2D eigenvalue weighted by molar-refractivity contribution is 9.10. The van der Waals surface area contributed by atoms with E-state index in [0.29, 0.717) is 5.92 Å². The highest BCUT2D eigenvalue weighted by atomic mass is 79.9. The van der Waals surface area contributed by atoms with Crippen molar-refractivity contribution in [1.29, 1.82) is 5.26 Å². The smallest absolute Gasteiger partial charge is 0.133 e. The fourth-order valence-electron chi connectivity index (χ4n) is 2.72. The van der Waals surface area contributed by atoms with Crippen LogP contribution in [0, 0.1) is 11.3 Å². The summed E-state index contributed by atoms with van der Waals surface area (Å²) in [7, 11) is 0. The number of rotatable bonds is 2. The van der Waals surface area contributed by atoms with Gasteiger partial charge in [-0.25, -0.2) is 0 Å². The molecule has 6 heteroatoms. The number of nitrogens with one attached hydrogen (secondary N) is 1. The summed E-state index contributed by atoms with van der Waals surface area (Å²) in [5, 5.41) is 17.2. The van der Waals surface area contributed by atoms with E-state index in [-0.39, 0.29) is 0 Å². The Kier molecular flexibility index (Phi) is 3.70. The number of H-pyrrole nitrogens is 1. The van der Waals surface area contributed by atoms with E-state index in [4.69, 9.17) is 0 Å². The van der Waals surface area contributed by atoms with Crippen LogP contribution in [0.1, 0.15) is 30.1 Å². The maximum atomic E-state index is 9.25. The van der Waals surface area contributed by atoms with E-state index in [1.807, 2.05) is 18.2 Å². The van der Waals surface area contributed by atoms with Crippen molar-refractivity contribution in [3.8, 4) is 6.07 Å². The van der Waals surface area contributed by atoms with E-state index < -0.39 is 0 Å². The van der Waals surface area contributed by atoms with Gasteiger partial charge in [0.2, 0.25) is 0 Å². The second-order valence-corrected chi connectivity index (χ2v) is 5.74. The van der Waals surface area contributed by atoms with Crippen molar-refractivity contribution < 1.29 is 0 Å². The molecule has 0 atom stereocenters. The summed E-state index contributed by atoms with van der Waals surface area (Å²) < 4.78 is 0.981. The van der Waals surface area contributed by atoms with Crippen molar-refractivity contribution in [2.75, 3.05) is 18.0 Å². The molecule has 0 radical (unpaired) electrons. The van der Waals surface area contributed by atoms with E-state index in [1.165, 1.54) is 0 Å². The molecule has 0 bridgehead atoms. The van der Waals surface area contributed by atoms with Gasteiger partial charge in [-0.3, -0.25) is 0 Å². The van der Waals surface area contributed by atoms with Crippen molar-refractivity contribution in [3.05, 3.63) is 40.4 Å². The molecule has 0 aliphatic carbocycles. The number of nitrogens with zero attached hydrogens (tertiary/aromatic N) is 4. The second-order valence-electron chi connectivity index (χ2n) is 4.88. The van der Waals surface area contributed by atoms with Crippen molar-refractivity contribution >= 4 is 21.6 Å². The highest BCUT2D eigenvalue weighted by Gasteiger charge is 2.25. The monoisotopic (exact) mass is 331 g/mol. The minimum absolute atomic E-state index is 0.432.